The average Bonchev–Trinajstić information content (AvgIpc) is 2.95. The van der Waals surface area contributed by atoms with E-state index in [9.17, 15) is 14.0 Å². The first kappa shape index (κ1) is 13.8. The van der Waals surface area contributed by atoms with Crippen LogP contribution in [-0.4, -0.2) is 26.0 Å². The number of methoxy groups -OCH3 is 2. The van der Waals surface area contributed by atoms with E-state index in [0.717, 1.165) is 6.07 Å². The fourth-order valence-corrected chi connectivity index (χ4v) is 1.61. The van der Waals surface area contributed by atoms with Gasteiger partial charge in [0.25, 0.3) is 0 Å². The zero-order valence-electron chi connectivity index (χ0n) is 10.8. The van der Waals surface area contributed by atoms with E-state index in [2.05, 4.69) is 4.74 Å². The highest BCUT2D eigenvalue weighted by Crippen LogP contribution is 2.20. The lowest BCUT2D eigenvalue weighted by atomic mass is 10.1. The normalized spacial score (nSPS) is 10.2. The van der Waals surface area contributed by atoms with Crippen molar-refractivity contribution >= 4 is 11.8 Å². The van der Waals surface area contributed by atoms with E-state index in [1.54, 1.807) is 0 Å². The summed E-state index contributed by atoms with van der Waals surface area (Å²) in [5, 5.41) is 0. The van der Waals surface area contributed by atoms with Gasteiger partial charge in [0.2, 0.25) is 11.5 Å². The van der Waals surface area contributed by atoms with E-state index in [0.29, 0.717) is 5.75 Å². The first-order valence-electron chi connectivity index (χ1n) is 5.63. The highest BCUT2D eigenvalue weighted by molar-refractivity contribution is 6.07. The maximum atomic E-state index is 13.8. The Kier molecular flexibility index (Phi) is 3.84. The summed E-state index contributed by atoms with van der Waals surface area (Å²) in [6.07, 6.45) is 0. The lowest BCUT2D eigenvalue weighted by molar-refractivity contribution is 0.0563. The summed E-state index contributed by atoms with van der Waals surface area (Å²) in [6.45, 7) is 0. The number of furan rings is 1. The van der Waals surface area contributed by atoms with E-state index in [4.69, 9.17) is 9.15 Å². The molecule has 0 unspecified atom stereocenters. The number of ether oxygens (including phenoxy) is 2. The molecule has 6 heteroatoms. The third-order valence-electron chi connectivity index (χ3n) is 2.64. The molecule has 5 nitrogen and oxygen atoms in total. The largest absolute Gasteiger partial charge is 0.497 e. The van der Waals surface area contributed by atoms with Crippen molar-refractivity contribution < 1.29 is 27.9 Å². The fraction of sp³-hybridized carbons (Fsp3) is 0.143. The number of rotatable bonds is 4. The number of hydrogen-bond acceptors (Lipinski definition) is 5. The molecule has 1 aromatic carbocycles. The molecule has 0 N–H and O–H groups in total. The topological polar surface area (TPSA) is 65.7 Å². The van der Waals surface area contributed by atoms with Crippen molar-refractivity contribution in [2.45, 2.75) is 0 Å². The van der Waals surface area contributed by atoms with Crippen molar-refractivity contribution in [2.75, 3.05) is 14.2 Å². The summed E-state index contributed by atoms with van der Waals surface area (Å²) < 4.78 is 28.1. The molecule has 1 heterocycles. The van der Waals surface area contributed by atoms with Gasteiger partial charge in [-0.3, -0.25) is 4.79 Å². The summed E-state index contributed by atoms with van der Waals surface area (Å²) in [7, 11) is 2.58. The third kappa shape index (κ3) is 2.54. The Balaban J connectivity index is 2.32. The van der Waals surface area contributed by atoms with Gasteiger partial charge in [0.05, 0.1) is 19.8 Å². The van der Waals surface area contributed by atoms with Crippen LogP contribution in [0.2, 0.25) is 0 Å². The molecule has 0 atom stereocenters. The Morgan fingerprint density at radius 2 is 1.80 bits per heavy atom. The predicted octanol–water partition coefficient (Wildman–Crippen LogP) is 2.44. The molecule has 0 saturated heterocycles. The van der Waals surface area contributed by atoms with Crippen molar-refractivity contribution in [3.8, 4) is 5.75 Å². The molecule has 0 amide bonds. The van der Waals surface area contributed by atoms with Crippen LogP contribution in [0.25, 0.3) is 0 Å². The molecular weight excluding hydrogens is 267 g/mol. The molecule has 2 aromatic rings. The number of carbonyl (C=O) groups excluding carboxylic acids is 2. The molecule has 1 aromatic heterocycles. The summed E-state index contributed by atoms with van der Waals surface area (Å²) >= 11 is 0. The first-order chi connectivity index (χ1) is 9.56. The monoisotopic (exact) mass is 278 g/mol. The number of halogens is 1. The second-order valence-corrected chi connectivity index (χ2v) is 3.83. The van der Waals surface area contributed by atoms with Gasteiger partial charge in [-0.1, -0.05) is 0 Å². The molecule has 0 radical (unpaired) electrons. The molecule has 0 aliphatic carbocycles. The number of ketones is 1. The van der Waals surface area contributed by atoms with Crippen molar-refractivity contribution in [3.63, 3.8) is 0 Å². The second kappa shape index (κ2) is 5.56. The number of esters is 1. The number of carbonyl (C=O) groups is 2. The third-order valence-corrected chi connectivity index (χ3v) is 2.64. The minimum absolute atomic E-state index is 0.121. The quantitative estimate of drug-likeness (QED) is 0.635. The zero-order valence-corrected chi connectivity index (χ0v) is 10.8. The molecule has 0 bridgehead atoms. The molecule has 104 valence electrons. The smallest absolute Gasteiger partial charge is 0.373 e. The second-order valence-electron chi connectivity index (χ2n) is 3.83. The van der Waals surface area contributed by atoms with Crippen molar-refractivity contribution in [3.05, 3.63) is 53.2 Å². The molecule has 0 fully saturated rings. The van der Waals surface area contributed by atoms with Crippen LogP contribution in [0.1, 0.15) is 26.7 Å². The summed E-state index contributed by atoms with van der Waals surface area (Å²) in [5.74, 6) is -2.07. The van der Waals surface area contributed by atoms with Gasteiger partial charge in [0.15, 0.2) is 5.76 Å². The van der Waals surface area contributed by atoms with E-state index < -0.39 is 17.6 Å². The molecule has 2 rings (SSSR count). The van der Waals surface area contributed by atoms with Gasteiger partial charge in [0.1, 0.15) is 11.6 Å². The summed E-state index contributed by atoms with van der Waals surface area (Å²) in [4.78, 5) is 23.3. The molecule has 20 heavy (non-hydrogen) atoms. The van der Waals surface area contributed by atoms with Gasteiger partial charge in [-0.25, -0.2) is 9.18 Å². The number of benzene rings is 1. The Bertz CT molecular complexity index is 659. The van der Waals surface area contributed by atoms with E-state index in [1.165, 1.54) is 38.5 Å². The van der Waals surface area contributed by atoms with Crippen LogP contribution in [0.5, 0.6) is 5.75 Å². The van der Waals surface area contributed by atoms with E-state index in [-0.39, 0.29) is 17.1 Å². The molecule has 0 spiro atoms. The van der Waals surface area contributed by atoms with Gasteiger partial charge in [-0.15, -0.1) is 0 Å². The Labute approximate surface area is 113 Å². The minimum Gasteiger partial charge on any atom is -0.497 e. The van der Waals surface area contributed by atoms with Crippen LogP contribution in [-0.2, 0) is 4.74 Å². The molecule has 0 saturated carbocycles. The first-order valence-corrected chi connectivity index (χ1v) is 5.63. The van der Waals surface area contributed by atoms with Gasteiger partial charge < -0.3 is 13.9 Å². The van der Waals surface area contributed by atoms with Crippen molar-refractivity contribution in [1.82, 2.24) is 0 Å². The summed E-state index contributed by atoms with van der Waals surface area (Å²) in [5.41, 5.74) is -0.170. The van der Waals surface area contributed by atoms with Crippen molar-refractivity contribution in [2.24, 2.45) is 0 Å². The maximum Gasteiger partial charge on any atom is 0.373 e. The fourth-order valence-electron chi connectivity index (χ4n) is 1.61. The van der Waals surface area contributed by atoms with Gasteiger partial charge in [-0.05, 0) is 24.3 Å². The van der Waals surface area contributed by atoms with Crippen LogP contribution in [0.3, 0.4) is 0 Å². The number of hydrogen-bond donors (Lipinski definition) is 0. The zero-order chi connectivity index (χ0) is 14.7. The molecule has 0 aliphatic heterocycles. The lowest BCUT2D eigenvalue weighted by Gasteiger charge is -2.03. The highest BCUT2D eigenvalue weighted by atomic mass is 19.1. The summed E-state index contributed by atoms with van der Waals surface area (Å²) in [6, 6.07) is 6.42. The molecule has 0 aliphatic rings. The SMILES string of the molecule is COC(=O)c1ccc(C(=O)c2ccc(OC)cc2F)o1. The van der Waals surface area contributed by atoms with Crippen molar-refractivity contribution in [1.29, 1.82) is 0 Å². The Hall–Kier alpha value is -2.63. The Morgan fingerprint density at radius 3 is 2.40 bits per heavy atom. The predicted molar refractivity (Wildman–Crippen MR) is 66.4 cm³/mol. The van der Waals surface area contributed by atoms with Crippen LogP contribution in [0, 0.1) is 5.82 Å². The highest BCUT2D eigenvalue weighted by Gasteiger charge is 2.20. The van der Waals surface area contributed by atoms with E-state index in [1.807, 2.05) is 0 Å². The standard InChI is InChI=1S/C14H11FO5/c1-18-8-3-4-9(10(15)7-8)13(16)11-5-6-12(20-11)14(17)19-2/h3-7H,1-2H3. The Morgan fingerprint density at radius 1 is 1.10 bits per heavy atom. The van der Waals surface area contributed by atoms with Crippen LogP contribution in [0.15, 0.2) is 34.7 Å². The van der Waals surface area contributed by atoms with Crippen LogP contribution in [0.4, 0.5) is 4.39 Å². The minimum atomic E-state index is -0.731. The van der Waals surface area contributed by atoms with Gasteiger partial charge in [-0.2, -0.15) is 0 Å². The van der Waals surface area contributed by atoms with Crippen LogP contribution < -0.4 is 4.74 Å². The average molecular weight is 278 g/mol. The molecular formula is C14H11FO5. The van der Waals surface area contributed by atoms with Gasteiger partial charge >= 0.3 is 5.97 Å². The van der Waals surface area contributed by atoms with E-state index >= 15 is 0 Å². The maximum absolute atomic E-state index is 13.8. The van der Waals surface area contributed by atoms with Crippen LogP contribution >= 0.6 is 0 Å². The van der Waals surface area contributed by atoms with Gasteiger partial charge in [0, 0.05) is 6.07 Å². The lowest BCUT2D eigenvalue weighted by Crippen LogP contribution is -2.04.